The molecular formula is C13H21BrN2. The molecule has 1 atom stereocenters. The topological polar surface area (TPSA) is 38.0 Å². The van der Waals surface area contributed by atoms with Gasteiger partial charge in [-0.1, -0.05) is 47.5 Å². The van der Waals surface area contributed by atoms with Gasteiger partial charge in [0.2, 0.25) is 0 Å². The third-order valence-corrected chi connectivity index (χ3v) is 3.65. The maximum Gasteiger partial charge on any atom is 0.0207 e. The lowest BCUT2D eigenvalue weighted by molar-refractivity contribution is 0.473. The summed E-state index contributed by atoms with van der Waals surface area (Å²) in [5.41, 5.74) is 7.01. The van der Waals surface area contributed by atoms with Crippen molar-refractivity contribution in [3.05, 3.63) is 34.3 Å². The molecule has 3 heteroatoms. The van der Waals surface area contributed by atoms with Gasteiger partial charge in [-0.3, -0.25) is 0 Å². The summed E-state index contributed by atoms with van der Waals surface area (Å²) in [6.07, 6.45) is 2.21. The highest BCUT2D eigenvalue weighted by atomic mass is 79.9. The van der Waals surface area contributed by atoms with Crippen molar-refractivity contribution in [1.82, 2.24) is 5.32 Å². The van der Waals surface area contributed by atoms with E-state index in [1.54, 1.807) is 0 Å². The Hall–Kier alpha value is -0.380. The number of nitrogens with two attached hydrogens (primary N) is 1. The van der Waals surface area contributed by atoms with E-state index in [0.29, 0.717) is 5.92 Å². The van der Waals surface area contributed by atoms with Crippen LogP contribution < -0.4 is 11.1 Å². The minimum atomic E-state index is 0.610. The summed E-state index contributed by atoms with van der Waals surface area (Å²) in [6.45, 7) is 5.00. The molecule has 0 radical (unpaired) electrons. The second kappa shape index (κ2) is 7.82. The van der Waals surface area contributed by atoms with Gasteiger partial charge in [0.1, 0.15) is 0 Å². The lowest BCUT2D eigenvalue weighted by Gasteiger charge is -2.13. The zero-order valence-electron chi connectivity index (χ0n) is 9.88. The normalized spacial score (nSPS) is 12.7. The van der Waals surface area contributed by atoms with E-state index in [-0.39, 0.29) is 0 Å². The van der Waals surface area contributed by atoms with E-state index in [2.05, 4.69) is 46.4 Å². The van der Waals surface area contributed by atoms with Crippen molar-refractivity contribution in [3.8, 4) is 0 Å². The van der Waals surface area contributed by atoms with Crippen LogP contribution in [-0.4, -0.2) is 19.6 Å². The molecule has 1 aromatic carbocycles. The monoisotopic (exact) mass is 284 g/mol. The molecule has 1 rings (SSSR count). The first-order chi connectivity index (χ1) is 7.77. The van der Waals surface area contributed by atoms with Gasteiger partial charge in [-0.15, -0.1) is 0 Å². The van der Waals surface area contributed by atoms with E-state index < -0.39 is 0 Å². The second-order valence-electron chi connectivity index (χ2n) is 4.06. The first kappa shape index (κ1) is 13.7. The summed E-state index contributed by atoms with van der Waals surface area (Å²) in [4.78, 5) is 0. The average Bonchev–Trinajstić information content (AvgIpc) is 2.31. The predicted octanol–water partition coefficient (Wildman–Crippen LogP) is 2.57. The van der Waals surface area contributed by atoms with Gasteiger partial charge in [0.15, 0.2) is 0 Å². The molecule has 0 saturated heterocycles. The quantitative estimate of drug-likeness (QED) is 0.756. The number of benzene rings is 1. The number of nitrogens with one attached hydrogen (secondary N) is 1. The summed E-state index contributed by atoms with van der Waals surface area (Å²) in [7, 11) is 0. The molecule has 1 aromatic rings. The lowest BCUT2D eigenvalue weighted by atomic mass is 10.1. The van der Waals surface area contributed by atoms with Crippen LogP contribution in [0.25, 0.3) is 0 Å². The summed E-state index contributed by atoms with van der Waals surface area (Å²) >= 11 is 3.56. The van der Waals surface area contributed by atoms with Crippen LogP contribution in [0.2, 0.25) is 0 Å². The molecule has 3 N–H and O–H groups in total. The molecule has 0 aliphatic carbocycles. The minimum Gasteiger partial charge on any atom is -0.330 e. The Morgan fingerprint density at radius 1 is 1.38 bits per heavy atom. The van der Waals surface area contributed by atoms with Crippen molar-refractivity contribution in [2.45, 2.75) is 19.8 Å². The molecule has 0 spiro atoms. The van der Waals surface area contributed by atoms with Crippen LogP contribution in [0.1, 0.15) is 18.9 Å². The third kappa shape index (κ3) is 4.64. The maximum atomic E-state index is 5.65. The second-order valence-corrected chi connectivity index (χ2v) is 4.91. The molecule has 0 heterocycles. The van der Waals surface area contributed by atoms with Gasteiger partial charge < -0.3 is 11.1 Å². The van der Waals surface area contributed by atoms with Crippen LogP contribution in [-0.2, 0) is 6.42 Å². The van der Waals surface area contributed by atoms with E-state index in [4.69, 9.17) is 5.73 Å². The van der Waals surface area contributed by atoms with Crippen molar-refractivity contribution >= 4 is 15.9 Å². The van der Waals surface area contributed by atoms with Gasteiger partial charge >= 0.3 is 0 Å². The fraction of sp³-hybridized carbons (Fsp3) is 0.538. The Morgan fingerprint density at radius 2 is 2.12 bits per heavy atom. The standard InChI is InChI=1S/C13H21BrN2/c1-2-11(9-15)10-16-8-7-12-5-3-4-6-13(12)14/h3-6,11,16H,2,7-10,15H2,1H3. The van der Waals surface area contributed by atoms with Crippen LogP contribution in [0.4, 0.5) is 0 Å². The van der Waals surface area contributed by atoms with Crippen LogP contribution in [0.3, 0.4) is 0 Å². The smallest absolute Gasteiger partial charge is 0.0207 e. The highest BCUT2D eigenvalue weighted by molar-refractivity contribution is 9.10. The zero-order valence-corrected chi connectivity index (χ0v) is 11.5. The first-order valence-electron chi connectivity index (χ1n) is 5.92. The van der Waals surface area contributed by atoms with E-state index in [0.717, 1.165) is 32.5 Å². The number of halogens is 1. The largest absolute Gasteiger partial charge is 0.330 e. The molecule has 0 amide bonds. The van der Waals surface area contributed by atoms with Gasteiger partial charge in [-0.2, -0.15) is 0 Å². The number of hydrogen-bond acceptors (Lipinski definition) is 2. The molecule has 16 heavy (non-hydrogen) atoms. The van der Waals surface area contributed by atoms with Crippen LogP contribution in [0, 0.1) is 5.92 Å². The Balaban J connectivity index is 2.23. The zero-order chi connectivity index (χ0) is 11.8. The van der Waals surface area contributed by atoms with Crippen LogP contribution >= 0.6 is 15.9 Å². The third-order valence-electron chi connectivity index (χ3n) is 2.87. The van der Waals surface area contributed by atoms with Gasteiger partial charge in [0.25, 0.3) is 0 Å². The molecule has 1 unspecified atom stereocenters. The van der Waals surface area contributed by atoms with Crippen molar-refractivity contribution in [1.29, 1.82) is 0 Å². The van der Waals surface area contributed by atoms with Crippen LogP contribution in [0.15, 0.2) is 28.7 Å². The molecule has 0 saturated carbocycles. The van der Waals surface area contributed by atoms with E-state index in [1.165, 1.54) is 10.0 Å². The van der Waals surface area contributed by atoms with Crippen LogP contribution in [0.5, 0.6) is 0 Å². The molecule has 2 nitrogen and oxygen atoms in total. The summed E-state index contributed by atoms with van der Waals surface area (Å²) in [6, 6.07) is 8.37. The molecule has 90 valence electrons. The van der Waals surface area contributed by atoms with E-state index >= 15 is 0 Å². The fourth-order valence-electron chi connectivity index (χ4n) is 1.62. The maximum absolute atomic E-state index is 5.65. The Bertz CT molecular complexity index is 298. The average molecular weight is 285 g/mol. The van der Waals surface area contributed by atoms with Crippen molar-refractivity contribution in [2.75, 3.05) is 19.6 Å². The minimum absolute atomic E-state index is 0.610. The first-order valence-corrected chi connectivity index (χ1v) is 6.71. The summed E-state index contributed by atoms with van der Waals surface area (Å²) < 4.78 is 1.20. The highest BCUT2D eigenvalue weighted by Crippen LogP contribution is 2.15. The van der Waals surface area contributed by atoms with E-state index in [9.17, 15) is 0 Å². The Kier molecular flexibility index (Phi) is 6.69. The van der Waals surface area contributed by atoms with Crippen molar-refractivity contribution in [2.24, 2.45) is 11.7 Å². The van der Waals surface area contributed by atoms with E-state index in [1.807, 2.05) is 6.07 Å². The van der Waals surface area contributed by atoms with Gasteiger partial charge in [0.05, 0.1) is 0 Å². The molecule has 0 bridgehead atoms. The Labute approximate surface area is 107 Å². The molecular weight excluding hydrogens is 264 g/mol. The van der Waals surface area contributed by atoms with Gasteiger partial charge in [-0.05, 0) is 43.6 Å². The number of hydrogen-bond donors (Lipinski definition) is 2. The summed E-state index contributed by atoms with van der Waals surface area (Å²) in [5, 5.41) is 3.46. The summed E-state index contributed by atoms with van der Waals surface area (Å²) in [5.74, 6) is 0.610. The van der Waals surface area contributed by atoms with Crippen molar-refractivity contribution in [3.63, 3.8) is 0 Å². The SMILES string of the molecule is CCC(CN)CNCCc1ccccc1Br. The number of rotatable bonds is 7. The van der Waals surface area contributed by atoms with Gasteiger partial charge in [-0.25, -0.2) is 0 Å². The fourth-order valence-corrected chi connectivity index (χ4v) is 2.11. The van der Waals surface area contributed by atoms with Gasteiger partial charge in [0, 0.05) is 4.47 Å². The highest BCUT2D eigenvalue weighted by Gasteiger charge is 2.03. The van der Waals surface area contributed by atoms with Crippen molar-refractivity contribution < 1.29 is 0 Å². The Morgan fingerprint density at radius 3 is 2.75 bits per heavy atom. The molecule has 0 fully saturated rings. The lowest BCUT2D eigenvalue weighted by Crippen LogP contribution is -2.29. The molecule has 0 aliphatic rings. The molecule has 0 aromatic heterocycles. The predicted molar refractivity (Wildman–Crippen MR) is 73.6 cm³/mol. The molecule has 0 aliphatic heterocycles.